The Morgan fingerprint density at radius 1 is 0.875 bits per heavy atom. The summed E-state index contributed by atoms with van der Waals surface area (Å²) in [4.78, 5) is 9.25. The van der Waals surface area contributed by atoms with Gasteiger partial charge in [-0.3, -0.25) is 0 Å². The highest BCUT2D eigenvalue weighted by Gasteiger charge is 2.21. The molecule has 6 heteroatoms. The Bertz CT molecular complexity index is 1030. The van der Waals surface area contributed by atoms with Crippen molar-refractivity contribution < 1.29 is 0 Å². The lowest BCUT2D eigenvalue weighted by molar-refractivity contribution is 0.767. The maximum Gasteiger partial charge on any atom is 0.178 e. The Morgan fingerprint density at radius 3 is 2.38 bits per heavy atom. The largest absolute Gasteiger partial charge is 0.221 e. The minimum Gasteiger partial charge on any atom is -0.221 e. The Morgan fingerprint density at radius 2 is 1.62 bits per heavy atom. The van der Waals surface area contributed by atoms with Crippen molar-refractivity contribution in [2.45, 2.75) is 12.3 Å². The van der Waals surface area contributed by atoms with E-state index in [4.69, 9.17) is 0 Å². The average Bonchev–Trinajstić information content (AvgIpc) is 3.26. The van der Waals surface area contributed by atoms with Crippen molar-refractivity contribution in [3.63, 3.8) is 0 Å². The van der Waals surface area contributed by atoms with Gasteiger partial charge in [-0.05, 0) is 36.3 Å². The van der Waals surface area contributed by atoms with Gasteiger partial charge in [0.2, 0.25) is 0 Å². The van der Waals surface area contributed by atoms with Crippen LogP contribution in [0.1, 0.15) is 24.0 Å². The highest BCUT2D eigenvalue weighted by atomic mass is 15.3. The van der Waals surface area contributed by atoms with Crippen LogP contribution in [0.2, 0.25) is 0 Å². The molecule has 6 nitrogen and oxygen atoms in total. The summed E-state index contributed by atoms with van der Waals surface area (Å²) < 4.78 is 3.61. The maximum atomic E-state index is 4.63. The van der Waals surface area contributed by atoms with Crippen molar-refractivity contribution in [2.24, 2.45) is 0 Å². The summed E-state index contributed by atoms with van der Waals surface area (Å²) in [6, 6.07) is 11.8. The van der Waals surface area contributed by atoms with E-state index in [1.54, 1.807) is 4.52 Å². The van der Waals surface area contributed by atoms with Gasteiger partial charge >= 0.3 is 0 Å². The number of pyridine rings is 2. The van der Waals surface area contributed by atoms with Gasteiger partial charge in [0.25, 0.3) is 0 Å². The van der Waals surface area contributed by atoms with E-state index < -0.39 is 0 Å². The predicted octanol–water partition coefficient (Wildman–Crippen LogP) is 2.90. The minimum absolute atomic E-state index is 0.136. The molecule has 4 aromatic heterocycles. The molecule has 0 radical (unpaired) electrons. The molecule has 1 atom stereocenters. The average molecular weight is 314 g/mol. The number of allylic oxidation sites excluding steroid dienone is 4. The SMILES string of the molecule is C1=CC(c2nc3ccccn3n2)CC(c2nc3ccccn3n2)=C1. The molecule has 1 aliphatic carbocycles. The van der Waals surface area contributed by atoms with Gasteiger partial charge in [0.1, 0.15) is 0 Å². The second-order valence-corrected chi connectivity index (χ2v) is 5.80. The molecule has 4 aromatic rings. The second kappa shape index (κ2) is 5.13. The van der Waals surface area contributed by atoms with Crippen LogP contribution in [0.15, 0.2) is 67.0 Å². The van der Waals surface area contributed by atoms with E-state index in [-0.39, 0.29) is 5.92 Å². The number of rotatable bonds is 2. The maximum absolute atomic E-state index is 4.63. The molecule has 4 heterocycles. The van der Waals surface area contributed by atoms with Crippen LogP contribution in [-0.2, 0) is 0 Å². The molecule has 0 bridgehead atoms. The van der Waals surface area contributed by atoms with Crippen molar-refractivity contribution >= 4 is 16.9 Å². The van der Waals surface area contributed by atoms with E-state index in [2.05, 4.69) is 32.3 Å². The van der Waals surface area contributed by atoms with E-state index >= 15 is 0 Å². The molecule has 24 heavy (non-hydrogen) atoms. The molecule has 1 unspecified atom stereocenters. The van der Waals surface area contributed by atoms with Crippen LogP contribution in [0.5, 0.6) is 0 Å². The van der Waals surface area contributed by atoms with Crippen molar-refractivity contribution in [1.29, 1.82) is 0 Å². The molecule has 0 fully saturated rings. The van der Waals surface area contributed by atoms with Gasteiger partial charge in [0.05, 0.1) is 0 Å². The van der Waals surface area contributed by atoms with Gasteiger partial charge in [0, 0.05) is 18.3 Å². The highest BCUT2D eigenvalue weighted by Crippen LogP contribution is 2.31. The normalized spacial score (nSPS) is 17.5. The van der Waals surface area contributed by atoms with Gasteiger partial charge in [-0.2, -0.15) is 5.10 Å². The van der Waals surface area contributed by atoms with E-state index in [9.17, 15) is 0 Å². The topological polar surface area (TPSA) is 60.4 Å². The lowest BCUT2D eigenvalue weighted by atomic mass is 9.93. The molecule has 116 valence electrons. The van der Waals surface area contributed by atoms with Gasteiger partial charge in [-0.1, -0.05) is 30.4 Å². The zero-order chi connectivity index (χ0) is 15.9. The van der Waals surface area contributed by atoms with Gasteiger partial charge < -0.3 is 0 Å². The fourth-order valence-corrected chi connectivity index (χ4v) is 3.00. The molecular formula is C18H14N6. The molecular weight excluding hydrogens is 300 g/mol. The van der Waals surface area contributed by atoms with Crippen LogP contribution in [0.4, 0.5) is 0 Å². The number of aromatic nitrogens is 6. The first-order valence-corrected chi connectivity index (χ1v) is 7.87. The predicted molar refractivity (Wildman–Crippen MR) is 90.4 cm³/mol. The summed E-state index contributed by atoms with van der Waals surface area (Å²) in [5.41, 5.74) is 2.82. The molecule has 1 aliphatic rings. The van der Waals surface area contributed by atoms with Gasteiger partial charge in [0.15, 0.2) is 22.9 Å². The summed E-state index contributed by atoms with van der Waals surface area (Å²) >= 11 is 0. The Balaban J connectivity index is 1.49. The second-order valence-electron chi connectivity index (χ2n) is 5.80. The van der Waals surface area contributed by atoms with Crippen molar-refractivity contribution in [3.05, 3.63) is 78.7 Å². The van der Waals surface area contributed by atoms with Crippen LogP contribution >= 0.6 is 0 Å². The van der Waals surface area contributed by atoms with E-state index in [0.29, 0.717) is 0 Å². The summed E-state index contributed by atoms with van der Waals surface area (Å²) in [7, 11) is 0. The third-order valence-electron chi connectivity index (χ3n) is 4.20. The summed E-state index contributed by atoms with van der Waals surface area (Å²) in [5.74, 6) is 1.72. The highest BCUT2D eigenvalue weighted by molar-refractivity contribution is 5.66. The van der Waals surface area contributed by atoms with E-state index in [0.717, 1.165) is 34.9 Å². The number of fused-ring (bicyclic) bond motifs is 2. The summed E-state index contributed by atoms with van der Waals surface area (Å²) in [6.45, 7) is 0. The fourth-order valence-electron chi connectivity index (χ4n) is 3.00. The van der Waals surface area contributed by atoms with Gasteiger partial charge in [-0.15, -0.1) is 5.10 Å². The molecule has 0 aromatic carbocycles. The number of nitrogens with zero attached hydrogens (tertiary/aromatic N) is 6. The minimum atomic E-state index is 0.136. The monoisotopic (exact) mass is 314 g/mol. The third-order valence-corrected chi connectivity index (χ3v) is 4.20. The Hall–Kier alpha value is -3.28. The van der Waals surface area contributed by atoms with Gasteiger partial charge in [-0.25, -0.2) is 19.0 Å². The lowest BCUT2D eigenvalue weighted by Crippen LogP contribution is -2.04. The molecule has 0 aliphatic heterocycles. The van der Waals surface area contributed by atoms with E-state index in [1.165, 1.54) is 0 Å². The molecule has 0 saturated heterocycles. The van der Waals surface area contributed by atoms with Crippen LogP contribution in [0.25, 0.3) is 16.9 Å². The van der Waals surface area contributed by atoms with Crippen molar-refractivity contribution in [3.8, 4) is 0 Å². The quantitative estimate of drug-likeness (QED) is 0.571. The first-order chi connectivity index (χ1) is 11.9. The summed E-state index contributed by atoms with van der Waals surface area (Å²) in [5, 5.41) is 9.15. The van der Waals surface area contributed by atoms with Crippen molar-refractivity contribution in [1.82, 2.24) is 29.2 Å². The van der Waals surface area contributed by atoms with Crippen LogP contribution in [-0.4, -0.2) is 29.2 Å². The zero-order valence-corrected chi connectivity index (χ0v) is 12.8. The number of hydrogen-bond acceptors (Lipinski definition) is 4. The first kappa shape index (κ1) is 13.2. The summed E-state index contributed by atoms with van der Waals surface area (Å²) in [6.07, 6.45) is 10.9. The first-order valence-electron chi connectivity index (χ1n) is 7.87. The van der Waals surface area contributed by atoms with E-state index in [1.807, 2.05) is 59.4 Å². The Labute approximate surface area is 137 Å². The third kappa shape index (κ3) is 2.11. The number of hydrogen-bond donors (Lipinski definition) is 0. The molecule has 5 rings (SSSR count). The van der Waals surface area contributed by atoms with Crippen LogP contribution in [0.3, 0.4) is 0 Å². The zero-order valence-electron chi connectivity index (χ0n) is 12.8. The standard InChI is InChI=1S/C18H14N6/c1-3-10-23-15(8-1)19-17(21-23)13-6-5-7-14(12-13)18-20-16-9-2-4-11-24(16)22-18/h1-11,13H,12H2. The molecule has 0 spiro atoms. The van der Waals surface area contributed by atoms with Crippen LogP contribution < -0.4 is 0 Å². The van der Waals surface area contributed by atoms with Crippen LogP contribution in [0, 0.1) is 0 Å². The lowest BCUT2D eigenvalue weighted by Gasteiger charge is -2.13. The smallest absolute Gasteiger partial charge is 0.178 e. The molecule has 0 N–H and O–H groups in total. The Kier molecular flexibility index (Phi) is 2.82. The van der Waals surface area contributed by atoms with Crippen molar-refractivity contribution in [2.75, 3.05) is 0 Å². The fraction of sp³-hybridized carbons (Fsp3) is 0.111. The molecule has 0 amide bonds. The molecule has 0 saturated carbocycles.